The van der Waals surface area contributed by atoms with Crippen molar-refractivity contribution in [1.82, 2.24) is 4.90 Å². The maximum atomic E-state index is 13.5. The minimum atomic E-state index is -0.280. The summed E-state index contributed by atoms with van der Waals surface area (Å²) in [6.07, 6.45) is 3.62. The topological polar surface area (TPSA) is 41.9 Å². The molecule has 0 aliphatic carbocycles. The zero-order valence-electron chi connectivity index (χ0n) is 18.5. The van der Waals surface area contributed by atoms with Gasteiger partial charge in [-0.05, 0) is 73.5 Å². The Morgan fingerprint density at radius 3 is 2.42 bits per heavy atom. The standard InChI is InChI=1S/C27H28FNO3S/c28-21-8-4-20(5-9-21)27-26(32-24-18-22(30)10-13-25(24)33-27)19-6-11-23(12-7-19)31-17-16-29-14-2-1-3-15-29/h4-13,18,26-27,30H,1-3,14-17H2/t26-,27+/m1/s1. The zero-order chi connectivity index (χ0) is 22.6. The van der Waals surface area contributed by atoms with Gasteiger partial charge in [-0.25, -0.2) is 4.39 Å². The first-order valence-electron chi connectivity index (χ1n) is 11.5. The quantitative estimate of drug-likeness (QED) is 0.459. The van der Waals surface area contributed by atoms with Gasteiger partial charge in [0.1, 0.15) is 35.8 Å². The fourth-order valence-corrected chi connectivity index (χ4v) is 5.72. The Bertz CT molecular complexity index is 1070. The van der Waals surface area contributed by atoms with Crippen LogP contribution in [0.1, 0.15) is 41.7 Å². The van der Waals surface area contributed by atoms with Gasteiger partial charge < -0.3 is 14.6 Å². The number of likely N-dealkylation sites (tertiary alicyclic amines) is 1. The van der Waals surface area contributed by atoms with Crippen LogP contribution in [0.4, 0.5) is 4.39 Å². The van der Waals surface area contributed by atoms with Crippen molar-refractivity contribution in [3.05, 3.63) is 83.7 Å². The molecule has 0 saturated carbocycles. The second-order valence-electron chi connectivity index (χ2n) is 8.58. The molecule has 6 heteroatoms. The number of rotatable bonds is 6. The molecule has 172 valence electrons. The molecule has 0 radical (unpaired) electrons. The molecule has 3 aromatic rings. The summed E-state index contributed by atoms with van der Waals surface area (Å²) in [7, 11) is 0. The normalized spacial score (nSPS) is 20.6. The average molecular weight is 466 g/mol. The van der Waals surface area contributed by atoms with E-state index >= 15 is 0 Å². The van der Waals surface area contributed by atoms with Crippen LogP contribution in [0.3, 0.4) is 0 Å². The number of thioether (sulfide) groups is 1. The van der Waals surface area contributed by atoms with E-state index in [0.717, 1.165) is 28.3 Å². The van der Waals surface area contributed by atoms with Crippen LogP contribution in [0, 0.1) is 5.82 Å². The molecular weight excluding hydrogens is 437 g/mol. The highest BCUT2D eigenvalue weighted by Crippen LogP contribution is 2.53. The number of halogens is 1. The van der Waals surface area contributed by atoms with E-state index < -0.39 is 0 Å². The Kier molecular flexibility index (Phi) is 6.74. The molecule has 4 nitrogen and oxygen atoms in total. The van der Waals surface area contributed by atoms with E-state index in [1.54, 1.807) is 23.9 Å². The maximum absolute atomic E-state index is 13.5. The zero-order valence-corrected chi connectivity index (χ0v) is 19.3. The SMILES string of the molecule is Oc1ccc2c(c1)O[C@H](c1ccc(OCCN3CCCCC3)cc1)[C@H](c1ccc(F)cc1)S2. The first-order valence-corrected chi connectivity index (χ1v) is 12.4. The van der Waals surface area contributed by atoms with Gasteiger partial charge in [-0.1, -0.05) is 30.7 Å². The van der Waals surface area contributed by atoms with Crippen LogP contribution in [-0.4, -0.2) is 36.2 Å². The summed E-state index contributed by atoms with van der Waals surface area (Å²) in [4.78, 5) is 3.42. The van der Waals surface area contributed by atoms with Gasteiger partial charge in [0, 0.05) is 12.6 Å². The third-order valence-electron chi connectivity index (χ3n) is 6.24. The minimum absolute atomic E-state index is 0.0477. The molecule has 2 atom stereocenters. The van der Waals surface area contributed by atoms with Gasteiger partial charge in [-0.15, -0.1) is 11.8 Å². The third kappa shape index (κ3) is 5.28. The molecule has 0 aromatic heterocycles. The number of hydrogen-bond acceptors (Lipinski definition) is 5. The van der Waals surface area contributed by atoms with Gasteiger partial charge in [0.15, 0.2) is 0 Å². The Morgan fingerprint density at radius 2 is 1.67 bits per heavy atom. The molecule has 2 aliphatic rings. The van der Waals surface area contributed by atoms with E-state index in [9.17, 15) is 9.50 Å². The lowest BCUT2D eigenvalue weighted by molar-refractivity contribution is 0.182. The Hall–Kier alpha value is -2.70. The number of phenols is 1. The Morgan fingerprint density at radius 1 is 0.939 bits per heavy atom. The summed E-state index contributed by atoms with van der Waals surface area (Å²) in [5.74, 6) is 1.42. The molecule has 33 heavy (non-hydrogen) atoms. The summed E-state index contributed by atoms with van der Waals surface area (Å²) < 4.78 is 25.9. The van der Waals surface area contributed by atoms with Crippen molar-refractivity contribution in [3.63, 3.8) is 0 Å². The Labute approximate surface area is 198 Å². The van der Waals surface area contributed by atoms with Gasteiger partial charge >= 0.3 is 0 Å². The molecular formula is C27H28FNO3S. The first kappa shape index (κ1) is 22.1. The van der Waals surface area contributed by atoms with Crippen LogP contribution in [0.25, 0.3) is 0 Å². The van der Waals surface area contributed by atoms with Crippen molar-refractivity contribution in [3.8, 4) is 17.2 Å². The van der Waals surface area contributed by atoms with E-state index in [4.69, 9.17) is 9.47 Å². The van der Waals surface area contributed by atoms with Crippen LogP contribution >= 0.6 is 11.8 Å². The highest BCUT2D eigenvalue weighted by atomic mass is 32.2. The van der Waals surface area contributed by atoms with Crippen molar-refractivity contribution >= 4 is 11.8 Å². The highest BCUT2D eigenvalue weighted by molar-refractivity contribution is 7.99. The smallest absolute Gasteiger partial charge is 0.140 e. The average Bonchev–Trinajstić information content (AvgIpc) is 2.85. The monoisotopic (exact) mass is 465 g/mol. The largest absolute Gasteiger partial charge is 0.508 e. The van der Waals surface area contributed by atoms with Gasteiger partial charge in [0.05, 0.1) is 10.1 Å². The van der Waals surface area contributed by atoms with Gasteiger partial charge in [-0.2, -0.15) is 0 Å². The fourth-order valence-electron chi connectivity index (χ4n) is 4.45. The number of phenolic OH excluding ortho intramolecular Hbond substituents is 1. The highest BCUT2D eigenvalue weighted by Gasteiger charge is 2.33. The fraction of sp³-hybridized carbons (Fsp3) is 0.333. The van der Waals surface area contributed by atoms with E-state index in [2.05, 4.69) is 4.90 Å². The molecule has 5 rings (SSSR count). The molecule has 2 heterocycles. The number of nitrogens with zero attached hydrogens (tertiary/aromatic N) is 1. The van der Waals surface area contributed by atoms with E-state index in [1.165, 1.54) is 44.5 Å². The lowest BCUT2D eigenvalue weighted by Gasteiger charge is -2.34. The number of ether oxygens (including phenoxy) is 2. The molecule has 1 fully saturated rings. The predicted molar refractivity (Wildman–Crippen MR) is 129 cm³/mol. The third-order valence-corrected chi connectivity index (χ3v) is 7.61. The van der Waals surface area contributed by atoms with Crippen LogP contribution in [-0.2, 0) is 0 Å². The van der Waals surface area contributed by atoms with Gasteiger partial charge in [0.25, 0.3) is 0 Å². The summed E-state index contributed by atoms with van der Waals surface area (Å²) in [5, 5.41) is 9.87. The molecule has 0 spiro atoms. The van der Waals surface area contributed by atoms with Crippen molar-refractivity contribution in [1.29, 1.82) is 0 Å². The summed E-state index contributed by atoms with van der Waals surface area (Å²) in [6.45, 7) is 3.97. The Balaban J connectivity index is 1.33. The minimum Gasteiger partial charge on any atom is -0.508 e. The van der Waals surface area contributed by atoms with Crippen molar-refractivity contribution in [2.75, 3.05) is 26.2 Å². The molecule has 3 aromatic carbocycles. The van der Waals surface area contributed by atoms with E-state index in [1.807, 2.05) is 42.5 Å². The van der Waals surface area contributed by atoms with Crippen LogP contribution < -0.4 is 9.47 Å². The second kappa shape index (κ2) is 10.1. The summed E-state index contributed by atoms with van der Waals surface area (Å²) in [5.41, 5.74) is 2.00. The summed E-state index contributed by atoms with van der Waals surface area (Å²) in [6, 6.07) is 19.8. The molecule has 2 aliphatic heterocycles. The second-order valence-corrected chi connectivity index (χ2v) is 9.76. The number of benzene rings is 3. The predicted octanol–water partition coefficient (Wildman–Crippen LogP) is 6.36. The maximum Gasteiger partial charge on any atom is 0.140 e. The van der Waals surface area contributed by atoms with Gasteiger partial charge in [0.2, 0.25) is 0 Å². The van der Waals surface area contributed by atoms with Crippen molar-refractivity contribution in [2.24, 2.45) is 0 Å². The molecule has 0 amide bonds. The molecule has 0 bridgehead atoms. The lowest BCUT2D eigenvalue weighted by atomic mass is 10.00. The molecule has 1 saturated heterocycles. The van der Waals surface area contributed by atoms with Gasteiger partial charge in [-0.3, -0.25) is 4.90 Å². The number of aromatic hydroxyl groups is 1. The number of piperidine rings is 1. The van der Waals surface area contributed by atoms with E-state index in [-0.39, 0.29) is 22.9 Å². The molecule has 1 N–H and O–H groups in total. The van der Waals surface area contributed by atoms with Crippen LogP contribution in [0.2, 0.25) is 0 Å². The van der Waals surface area contributed by atoms with Crippen molar-refractivity contribution < 1.29 is 19.0 Å². The van der Waals surface area contributed by atoms with Crippen LogP contribution in [0.5, 0.6) is 17.2 Å². The van der Waals surface area contributed by atoms with E-state index in [0.29, 0.717) is 12.4 Å². The first-order chi connectivity index (χ1) is 16.2. The number of hydrogen-bond donors (Lipinski definition) is 1. The molecule has 0 unspecified atom stereocenters. The van der Waals surface area contributed by atoms with Crippen molar-refractivity contribution in [2.45, 2.75) is 35.5 Å². The number of fused-ring (bicyclic) bond motifs is 1. The van der Waals surface area contributed by atoms with Crippen LogP contribution in [0.15, 0.2) is 71.6 Å². The summed E-state index contributed by atoms with van der Waals surface area (Å²) >= 11 is 1.67. The lowest BCUT2D eigenvalue weighted by Crippen LogP contribution is -2.33.